The first-order valence-electron chi connectivity index (χ1n) is 9.04. The van der Waals surface area contributed by atoms with Crippen LogP contribution in [-0.2, 0) is 13.1 Å². The smallest absolute Gasteiger partial charge is 0.136 e. The van der Waals surface area contributed by atoms with Gasteiger partial charge in [-0.05, 0) is 29.3 Å². The summed E-state index contributed by atoms with van der Waals surface area (Å²) in [5.41, 5.74) is 17.8. The minimum Gasteiger partial charge on any atom is -0.339 e. The first-order chi connectivity index (χ1) is 13.1. The molecule has 4 N–H and O–H groups in total. The fraction of sp³-hybridized carbons (Fsp3) is 0.182. The zero-order chi connectivity index (χ0) is 18.8. The van der Waals surface area contributed by atoms with E-state index in [1.165, 1.54) is 5.56 Å². The second-order valence-corrected chi connectivity index (χ2v) is 7.27. The highest BCUT2D eigenvalue weighted by Gasteiger charge is 2.35. The van der Waals surface area contributed by atoms with E-state index in [0.717, 1.165) is 21.8 Å². The third kappa shape index (κ3) is 3.70. The maximum absolute atomic E-state index is 6.70. The van der Waals surface area contributed by atoms with Crippen molar-refractivity contribution in [2.75, 3.05) is 4.90 Å². The van der Waals surface area contributed by atoms with E-state index in [9.17, 15) is 0 Å². The Morgan fingerprint density at radius 1 is 0.778 bits per heavy atom. The third-order valence-corrected chi connectivity index (χ3v) is 5.27. The number of halogens is 1. The van der Waals surface area contributed by atoms with Gasteiger partial charge in [0.25, 0.3) is 0 Å². The Kier molecular flexibility index (Phi) is 5.14. The number of para-hydroxylation sites is 1. The zero-order valence-electron chi connectivity index (χ0n) is 15.0. The number of benzene rings is 3. The summed E-state index contributed by atoms with van der Waals surface area (Å²) in [5.74, 6) is 0. The molecule has 0 aromatic heterocycles. The van der Waals surface area contributed by atoms with Gasteiger partial charge in [-0.15, -0.1) is 0 Å². The van der Waals surface area contributed by atoms with Crippen LogP contribution in [0.15, 0.2) is 78.9 Å². The van der Waals surface area contributed by atoms with Gasteiger partial charge in [-0.2, -0.15) is 0 Å². The number of hydrogen-bond donors (Lipinski definition) is 2. The largest absolute Gasteiger partial charge is 0.339 e. The SMILES string of the molecule is NC1c2ccccc2N(Cc2cccc(Cl)c2)C(N)N1Cc1ccccc1. The van der Waals surface area contributed by atoms with Crippen LogP contribution in [0.5, 0.6) is 0 Å². The Bertz CT molecular complexity index is 915. The summed E-state index contributed by atoms with van der Waals surface area (Å²) in [5, 5.41) is 0.726. The maximum atomic E-state index is 6.70. The Hall–Kier alpha value is -2.37. The predicted molar refractivity (Wildman–Crippen MR) is 111 cm³/mol. The monoisotopic (exact) mass is 378 g/mol. The quantitative estimate of drug-likeness (QED) is 0.718. The summed E-state index contributed by atoms with van der Waals surface area (Å²) in [6, 6.07) is 26.4. The van der Waals surface area contributed by atoms with E-state index in [0.29, 0.717) is 13.1 Å². The van der Waals surface area contributed by atoms with Crippen LogP contribution < -0.4 is 16.4 Å². The lowest BCUT2D eigenvalue weighted by molar-refractivity contribution is 0.112. The van der Waals surface area contributed by atoms with Gasteiger partial charge in [-0.1, -0.05) is 72.3 Å². The third-order valence-electron chi connectivity index (χ3n) is 5.03. The molecule has 0 spiro atoms. The number of hydrogen-bond acceptors (Lipinski definition) is 4. The van der Waals surface area contributed by atoms with Crippen LogP contribution in [0.3, 0.4) is 0 Å². The molecular weight excluding hydrogens is 356 g/mol. The lowest BCUT2D eigenvalue weighted by Gasteiger charge is -2.47. The summed E-state index contributed by atoms with van der Waals surface area (Å²) < 4.78 is 0. The lowest BCUT2D eigenvalue weighted by Crippen LogP contribution is -2.59. The summed E-state index contributed by atoms with van der Waals surface area (Å²) in [6.07, 6.45) is -0.596. The van der Waals surface area contributed by atoms with Crippen molar-refractivity contribution in [2.24, 2.45) is 11.5 Å². The molecule has 138 valence electrons. The molecule has 0 saturated heterocycles. The summed E-state index contributed by atoms with van der Waals surface area (Å²) in [4.78, 5) is 4.31. The molecule has 0 amide bonds. The first kappa shape index (κ1) is 18.0. The minimum absolute atomic E-state index is 0.257. The van der Waals surface area contributed by atoms with Crippen molar-refractivity contribution in [3.8, 4) is 0 Å². The first-order valence-corrected chi connectivity index (χ1v) is 9.42. The molecule has 0 aliphatic carbocycles. The highest BCUT2D eigenvalue weighted by atomic mass is 35.5. The van der Waals surface area contributed by atoms with Crippen molar-refractivity contribution in [3.63, 3.8) is 0 Å². The van der Waals surface area contributed by atoms with E-state index < -0.39 is 0 Å². The van der Waals surface area contributed by atoms with Crippen molar-refractivity contribution in [2.45, 2.75) is 25.5 Å². The molecule has 1 aliphatic heterocycles. The van der Waals surface area contributed by atoms with Crippen LogP contribution in [-0.4, -0.2) is 11.2 Å². The average Bonchev–Trinajstić information content (AvgIpc) is 2.69. The molecule has 3 aromatic rings. The predicted octanol–water partition coefficient (Wildman–Crippen LogP) is 4.06. The van der Waals surface area contributed by atoms with Crippen molar-refractivity contribution in [3.05, 3.63) is 101 Å². The Labute approximate surface area is 165 Å². The number of nitrogens with two attached hydrogens (primary N) is 2. The van der Waals surface area contributed by atoms with Gasteiger partial charge in [0.1, 0.15) is 6.29 Å². The van der Waals surface area contributed by atoms with E-state index in [-0.39, 0.29) is 12.5 Å². The van der Waals surface area contributed by atoms with Gasteiger partial charge in [-0.3, -0.25) is 5.73 Å². The number of fused-ring (bicyclic) bond motifs is 1. The van der Waals surface area contributed by atoms with Crippen molar-refractivity contribution >= 4 is 17.3 Å². The summed E-state index contributed by atoms with van der Waals surface area (Å²) in [7, 11) is 0. The van der Waals surface area contributed by atoms with Gasteiger partial charge in [0.15, 0.2) is 0 Å². The minimum atomic E-state index is -0.339. The highest BCUT2D eigenvalue weighted by Crippen LogP contribution is 2.36. The van der Waals surface area contributed by atoms with E-state index in [1.54, 1.807) is 0 Å². The van der Waals surface area contributed by atoms with Crippen LogP contribution in [0, 0.1) is 0 Å². The van der Waals surface area contributed by atoms with Crippen LogP contribution in [0.4, 0.5) is 5.69 Å². The maximum Gasteiger partial charge on any atom is 0.136 e. The molecule has 4 rings (SSSR count). The molecule has 2 atom stereocenters. The standard InChI is InChI=1S/C22H23ClN4/c23-18-10-6-9-17(13-18)15-26-20-12-5-4-11-19(20)21(24)27(22(26)25)14-16-7-2-1-3-8-16/h1-13,21-22H,14-15,24-25H2. The van der Waals surface area contributed by atoms with Gasteiger partial charge in [0.2, 0.25) is 0 Å². The van der Waals surface area contributed by atoms with Crippen molar-refractivity contribution in [1.29, 1.82) is 0 Å². The van der Waals surface area contributed by atoms with Crippen LogP contribution in [0.2, 0.25) is 5.02 Å². The molecule has 4 nitrogen and oxygen atoms in total. The van der Waals surface area contributed by atoms with Gasteiger partial charge < -0.3 is 10.6 Å². The molecule has 0 saturated carbocycles. The molecule has 2 unspecified atom stereocenters. The zero-order valence-corrected chi connectivity index (χ0v) is 15.8. The summed E-state index contributed by atoms with van der Waals surface area (Å²) in [6.45, 7) is 1.35. The Morgan fingerprint density at radius 2 is 1.48 bits per heavy atom. The topological polar surface area (TPSA) is 58.5 Å². The molecule has 0 radical (unpaired) electrons. The summed E-state index contributed by atoms with van der Waals surface area (Å²) >= 11 is 6.18. The molecule has 5 heteroatoms. The second-order valence-electron chi connectivity index (χ2n) is 6.83. The highest BCUT2D eigenvalue weighted by molar-refractivity contribution is 6.30. The van der Waals surface area contributed by atoms with Crippen LogP contribution in [0.25, 0.3) is 0 Å². The van der Waals surface area contributed by atoms with Gasteiger partial charge >= 0.3 is 0 Å². The van der Waals surface area contributed by atoms with Gasteiger partial charge in [0.05, 0.1) is 6.17 Å². The molecular formula is C22H23ClN4. The van der Waals surface area contributed by atoms with E-state index in [1.807, 2.05) is 48.5 Å². The van der Waals surface area contributed by atoms with E-state index in [4.69, 9.17) is 23.1 Å². The Morgan fingerprint density at radius 3 is 2.26 bits per heavy atom. The number of rotatable bonds is 4. The number of anilines is 1. The average molecular weight is 379 g/mol. The molecule has 3 aromatic carbocycles. The van der Waals surface area contributed by atoms with Crippen molar-refractivity contribution < 1.29 is 0 Å². The molecule has 1 heterocycles. The van der Waals surface area contributed by atoms with Crippen molar-refractivity contribution in [1.82, 2.24) is 4.90 Å². The normalized spacial score (nSPS) is 19.7. The fourth-order valence-corrected chi connectivity index (χ4v) is 3.87. The van der Waals surface area contributed by atoms with Gasteiger partial charge in [-0.25, -0.2) is 4.90 Å². The molecule has 0 fully saturated rings. The molecule has 0 bridgehead atoms. The number of nitrogens with zero attached hydrogens (tertiary/aromatic N) is 2. The van der Waals surface area contributed by atoms with Gasteiger partial charge in [0, 0.05) is 29.4 Å². The van der Waals surface area contributed by atoms with E-state index >= 15 is 0 Å². The van der Waals surface area contributed by atoms with E-state index in [2.05, 4.69) is 40.1 Å². The van der Waals surface area contributed by atoms with Crippen LogP contribution >= 0.6 is 11.6 Å². The second kappa shape index (κ2) is 7.71. The molecule has 27 heavy (non-hydrogen) atoms. The Balaban J connectivity index is 1.69. The fourth-order valence-electron chi connectivity index (χ4n) is 3.66. The lowest BCUT2D eigenvalue weighted by atomic mass is 10.0. The van der Waals surface area contributed by atoms with Crippen LogP contribution in [0.1, 0.15) is 22.9 Å². The molecule has 1 aliphatic rings.